The summed E-state index contributed by atoms with van der Waals surface area (Å²) in [5, 5.41) is 0.663. The average Bonchev–Trinajstić information content (AvgIpc) is 3.56. The van der Waals surface area contributed by atoms with E-state index in [9.17, 15) is 22.8 Å². The second-order valence-electron chi connectivity index (χ2n) is 15.7. The minimum atomic E-state index is -4.59. The van der Waals surface area contributed by atoms with Gasteiger partial charge in [-0.1, -0.05) is 31.2 Å². The summed E-state index contributed by atoms with van der Waals surface area (Å²) >= 11 is 1.01. The van der Waals surface area contributed by atoms with Gasteiger partial charge in [-0.25, -0.2) is 19.5 Å². The van der Waals surface area contributed by atoms with Gasteiger partial charge in [-0.3, -0.25) is 4.79 Å². The van der Waals surface area contributed by atoms with Crippen LogP contribution in [0.25, 0.3) is 33.6 Å². The summed E-state index contributed by atoms with van der Waals surface area (Å²) in [5.41, 5.74) is 1.16. The Labute approximate surface area is 308 Å². The molecule has 0 spiro atoms. The molecular formula is C38H52F3N5O5S. The molecule has 52 heavy (non-hydrogen) atoms. The number of methoxy groups -OCH3 is 2. The Kier molecular flexibility index (Phi) is 12.4. The summed E-state index contributed by atoms with van der Waals surface area (Å²) in [6, 6.07) is 6.19. The molecule has 4 rings (SSSR count). The maximum absolute atomic E-state index is 14.4. The van der Waals surface area contributed by atoms with Crippen molar-refractivity contribution in [2.45, 2.75) is 117 Å². The second-order valence-corrected chi connectivity index (χ2v) is 17.4. The topological polar surface area (TPSA) is 110 Å². The van der Waals surface area contributed by atoms with Gasteiger partial charge in [0.05, 0.1) is 42.1 Å². The monoisotopic (exact) mass is 747 g/mol. The van der Waals surface area contributed by atoms with Crippen molar-refractivity contribution in [1.29, 1.82) is 0 Å². The van der Waals surface area contributed by atoms with Gasteiger partial charge in [0.1, 0.15) is 22.5 Å². The first-order valence-electron chi connectivity index (χ1n) is 17.4. The number of aromatic nitrogens is 4. The van der Waals surface area contributed by atoms with Crippen LogP contribution >= 0.6 is 11.9 Å². The number of alkyl halides is 3. The molecule has 10 nitrogen and oxygen atoms in total. The zero-order valence-electron chi connectivity index (χ0n) is 32.1. The number of pyridine rings is 1. The van der Waals surface area contributed by atoms with E-state index in [2.05, 4.69) is 9.71 Å². The fourth-order valence-electron chi connectivity index (χ4n) is 5.88. The number of nitrogens with one attached hydrogen (secondary N) is 1. The van der Waals surface area contributed by atoms with Crippen molar-refractivity contribution in [3.63, 3.8) is 0 Å². The number of imidazole rings is 1. The van der Waals surface area contributed by atoms with Crippen LogP contribution in [-0.4, -0.2) is 61.8 Å². The number of unbranched alkanes of at least 4 members (excludes halogenated alkanes) is 3. The number of halogens is 3. The van der Waals surface area contributed by atoms with Crippen molar-refractivity contribution < 1.29 is 37.0 Å². The van der Waals surface area contributed by atoms with Gasteiger partial charge in [-0.15, -0.1) is 0 Å². The number of hydrogen-bond donors (Lipinski definition) is 1. The number of carbonyl (C=O) groups excluding carboxylic acids is 2. The Morgan fingerprint density at radius 1 is 0.923 bits per heavy atom. The maximum Gasteiger partial charge on any atom is 0.410 e. The molecule has 4 aromatic rings. The van der Waals surface area contributed by atoms with Crippen LogP contribution in [0.2, 0.25) is 0 Å². The third kappa shape index (κ3) is 9.80. The largest absolute Gasteiger partial charge is 0.494 e. The van der Waals surface area contributed by atoms with Gasteiger partial charge in [-0.2, -0.15) is 13.2 Å². The SMILES string of the molecule is COC(=O)c1cc(OC)c2c(c1)nc(-c1cc3ccc(C(NSC(C)(C)C)C(F)(F)F)nc3n1CCCCCCC(C)(C)C(=O)OC(C)(C)C)n2C. The quantitative estimate of drug-likeness (QED) is 0.0767. The van der Waals surface area contributed by atoms with Gasteiger partial charge < -0.3 is 23.3 Å². The molecule has 0 amide bonds. The summed E-state index contributed by atoms with van der Waals surface area (Å²) in [4.78, 5) is 34.7. The molecule has 14 heteroatoms. The van der Waals surface area contributed by atoms with Crippen molar-refractivity contribution in [1.82, 2.24) is 23.8 Å². The van der Waals surface area contributed by atoms with E-state index < -0.39 is 34.0 Å². The van der Waals surface area contributed by atoms with Gasteiger partial charge in [0.2, 0.25) is 0 Å². The summed E-state index contributed by atoms with van der Waals surface area (Å²) < 4.78 is 65.4. The standard InChI is InChI=1S/C38H52F3N5O5S/c1-35(2,3)51-34(48)37(7,8)18-14-12-13-15-19-46-27(32-43-26-20-24(33(47)50-11)22-28(49-10)29(26)45(32)9)21-23-16-17-25(42-31(23)46)30(38(39,40)41)44-52-36(4,5)6/h16-17,20-22,30,44H,12-15,18-19H2,1-11H3. The van der Waals surface area contributed by atoms with Crippen LogP contribution in [0.5, 0.6) is 5.75 Å². The molecule has 286 valence electrons. The van der Waals surface area contributed by atoms with Crippen LogP contribution in [0, 0.1) is 5.41 Å². The van der Waals surface area contributed by atoms with E-state index in [-0.39, 0.29) is 17.2 Å². The molecule has 0 saturated heterocycles. The minimum absolute atomic E-state index is 0.138. The summed E-state index contributed by atoms with van der Waals surface area (Å²) in [6.45, 7) is 15.3. The number of hydrogen-bond acceptors (Lipinski definition) is 9. The number of benzene rings is 1. The highest BCUT2D eigenvalue weighted by atomic mass is 32.2. The lowest BCUT2D eigenvalue weighted by Crippen LogP contribution is -2.33. The third-order valence-corrected chi connectivity index (χ3v) is 9.53. The molecule has 0 radical (unpaired) electrons. The number of nitrogens with zero attached hydrogens (tertiary/aromatic N) is 4. The van der Waals surface area contributed by atoms with E-state index in [0.717, 1.165) is 31.2 Å². The van der Waals surface area contributed by atoms with Crippen LogP contribution < -0.4 is 9.46 Å². The van der Waals surface area contributed by atoms with Crippen molar-refractivity contribution in [2.24, 2.45) is 12.5 Å². The molecule has 0 aliphatic heterocycles. The lowest BCUT2D eigenvalue weighted by atomic mass is 9.86. The van der Waals surface area contributed by atoms with Crippen molar-refractivity contribution >= 4 is 46.0 Å². The molecule has 0 fully saturated rings. The lowest BCUT2D eigenvalue weighted by molar-refractivity contribution is -0.166. The zero-order chi connectivity index (χ0) is 38.8. The fraction of sp³-hybridized carbons (Fsp3) is 0.579. The van der Waals surface area contributed by atoms with E-state index in [0.29, 0.717) is 58.7 Å². The molecule has 3 heterocycles. The van der Waals surface area contributed by atoms with E-state index in [1.165, 1.54) is 20.3 Å². The van der Waals surface area contributed by atoms with Crippen LogP contribution in [0.3, 0.4) is 0 Å². The highest BCUT2D eigenvalue weighted by Gasteiger charge is 2.43. The number of esters is 2. The Balaban J connectivity index is 1.72. The molecule has 3 aromatic heterocycles. The molecule has 1 atom stereocenters. The van der Waals surface area contributed by atoms with Crippen LogP contribution in [-0.2, 0) is 27.9 Å². The van der Waals surface area contributed by atoms with Crippen molar-refractivity contribution in [2.75, 3.05) is 14.2 Å². The normalized spacial score (nSPS) is 13.5. The summed E-state index contributed by atoms with van der Waals surface area (Å²) in [7, 11) is 4.62. The summed E-state index contributed by atoms with van der Waals surface area (Å²) in [6.07, 6.45) is -0.738. The number of ether oxygens (including phenoxy) is 3. The van der Waals surface area contributed by atoms with Gasteiger partial charge in [0, 0.05) is 23.7 Å². The van der Waals surface area contributed by atoms with Crippen molar-refractivity contribution in [3.8, 4) is 17.3 Å². The first-order valence-corrected chi connectivity index (χ1v) is 18.2. The van der Waals surface area contributed by atoms with Crippen LogP contribution in [0.1, 0.15) is 110 Å². The molecule has 1 unspecified atom stereocenters. The minimum Gasteiger partial charge on any atom is -0.494 e. The van der Waals surface area contributed by atoms with Gasteiger partial charge in [-0.05, 0) is 98.6 Å². The van der Waals surface area contributed by atoms with E-state index >= 15 is 0 Å². The van der Waals surface area contributed by atoms with Crippen LogP contribution in [0.4, 0.5) is 13.2 Å². The summed E-state index contributed by atoms with van der Waals surface area (Å²) in [5.74, 6) is 0.190. The molecule has 0 bridgehead atoms. The molecule has 0 aliphatic rings. The maximum atomic E-state index is 14.4. The predicted molar refractivity (Wildman–Crippen MR) is 199 cm³/mol. The molecular weight excluding hydrogens is 696 g/mol. The molecule has 1 N–H and O–H groups in total. The number of fused-ring (bicyclic) bond motifs is 2. The molecule has 1 aromatic carbocycles. The highest BCUT2D eigenvalue weighted by Crippen LogP contribution is 2.38. The number of carbonyl (C=O) groups is 2. The Bertz CT molecular complexity index is 1900. The van der Waals surface area contributed by atoms with Gasteiger partial charge in [0.15, 0.2) is 11.9 Å². The van der Waals surface area contributed by atoms with E-state index in [1.807, 2.05) is 77.6 Å². The van der Waals surface area contributed by atoms with E-state index in [1.54, 1.807) is 18.2 Å². The third-order valence-electron chi connectivity index (χ3n) is 8.56. The van der Waals surface area contributed by atoms with E-state index in [4.69, 9.17) is 19.2 Å². The number of aryl methyl sites for hydroxylation is 2. The zero-order valence-corrected chi connectivity index (χ0v) is 32.9. The van der Waals surface area contributed by atoms with Crippen molar-refractivity contribution in [3.05, 3.63) is 41.6 Å². The lowest BCUT2D eigenvalue weighted by Gasteiger charge is -2.28. The Hall–Kier alpha value is -3.78. The Morgan fingerprint density at radius 3 is 2.19 bits per heavy atom. The number of rotatable bonds is 14. The first kappa shape index (κ1) is 41.0. The highest BCUT2D eigenvalue weighted by molar-refractivity contribution is 7.98. The fourth-order valence-corrected chi connectivity index (χ4v) is 6.61. The second kappa shape index (κ2) is 15.7. The Morgan fingerprint density at radius 2 is 1.60 bits per heavy atom. The van der Waals surface area contributed by atoms with Gasteiger partial charge >= 0.3 is 18.1 Å². The average molecular weight is 748 g/mol. The smallest absolute Gasteiger partial charge is 0.410 e. The predicted octanol–water partition coefficient (Wildman–Crippen LogP) is 9.34. The molecule has 0 aliphatic carbocycles. The van der Waals surface area contributed by atoms with Crippen LogP contribution in [0.15, 0.2) is 30.3 Å². The van der Waals surface area contributed by atoms with Gasteiger partial charge in [0.25, 0.3) is 0 Å². The first-order chi connectivity index (χ1) is 24.1. The molecule has 0 saturated carbocycles.